The molecule has 2 nitrogen and oxygen atoms in total. The third-order valence-electron chi connectivity index (χ3n) is 0.878. The molecule has 2 heteroatoms. The summed E-state index contributed by atoms with van der Waals surface area (Å²) in [7, 11) is 0. The zero-order chi connectivity index (χ0) is 6.24. The first kappa shape index (κ1) is 7.92. The first-order valence-electron chi connectivity index (χ1n) is 3.10. The molecule has 0 aromatic carbocycles. The SMILES string of the molecule is [13CH3][13CH2][13CH2][13CH2]O[13CH2][13CH2]O. The van der Waals surface area contributed by atoms with E-state index in [1.54, 1.807) is 0 Å². The third kappa shape index (κ3) is 5.92. The molecule has 8 heavy (non-hydrogen) atoms. The van der Waals surface area contributed by atoms with Crippen molar-refractivity contribution in [1.29, 1.82) is 0 Å². The molecule has 0 saturated heterocycles. The Morgan fingerprint density at radius 2 is 2.12 bits per heavy atom. The van der Waals surface area contributed by atoms with E-state index in [0.29, 0.717) is 6.61 Å². The van der Waals surface area contributed by atoms with Crippen molar-refractivity contribution >= 4 is 0 Å². The molecule has 0 atom stereocenters. The molecule has 1 N–H and O–H groups in total. The van der Waals surface area contributed by atoms with Crippen molar-refractivity contribution in [2.45, 2.75) is 19.8 Å². The Hall–Kier alpha value is -0.0800. The van der Waals surface area contributed by atoms with Gasteiger partial charge in [-0.1, -0.05) is 13.3 Å². The molecule has 0 fully saturated rings. The van der Waals surface area contributed by atoms with E-state index in [9.17, 15) is 0 Å². The molecular weight excluding hydrogens is 110 g/mol. The lowest BCUT2D eigenvalue weighted by molar-refractivity contribution is 0.0904. The molecule has 0 aromatic heterocycles. The standard InChI is InChI=1S/C6H14O2/c1-2-3-5-8-6-4-7/h7H,2-6H2,1H3/i1+1,2+1,3+1,4+1,5+1,6+1. The number of unbranched alkanes of at least 4 members (excludes halogenated alkanes) is 1. The second-order valence-corrected chi connectivity index (χ2v) is 1.69. The number of hydrogen-bond acceptors (Lipinski definition) is 2. The number of aliphatic hydroxyl groups excluding tert-OH is 1. The van der Waals surface area contributed by atoms with Gasteiger partial charge in [-0.3, -0.25) is 0 Å². The molecule has 0 saturated carbocycles. The fraction of sp³-hybridized carbons (Fsp3) is 1.00. The van der Waals surface area contributed by atoms with Crippen molar-refractivity contribution in [2.75, 3.05) is 19.8 Å². The van der Waals surface area contributed by atoms with Crippen LogP contribution in [-0.2, 0) is 4.74 Å². The summed E-state index contributed by atoms with van der Waals surface area (Å²) in [4.78, 5) is 0. The Morgan fingerprint density at radius 1 is 1.38 bits per heavy atom. The van der Waals surface area contributed by atoms with Crippen LogP contribution in [0.5, 0.6) is 0 Å². The van der Waals surface area contributed by atoms with Crippen LogP contribution in [0.1, 0.15) is 19.8 Å². The number of hydrogen-bond donors (Lipinski definition) is 1. The first-order chi connectivity index (χ1) is 3.91. The van der Waals surface area contributed by atoms with Crippen LogP contribution in [0.15, 0.2) is 0 Å². The molecule has 50 valence electrons. The zero-order valence-corrected chi connectivity index (χ0v) is 5.39. The summed E-state index contributed by atoms with van der Waals surface area (Å²) >= 11 is 0. The second-order valence-electron chi connectivity index (χ2n) is 1.69. The summed E-state index contributed by atoms with van der Waals surface area (Å²) < 4.78 is 4.97. The molecule has 0 amide bonds. The maximum atomic E-state index is 8.24. The highest BCUT2D eigenvalue weighted by Crippen LogP contribution is 1.85. The van der Waals surface area contributed by atoms with Crippen LogP contribution in [0.2, 0.25) is 0 Å². The van der Waals surface area contributed by atoms with Crippen molar-refractivity contribution in [1.82, 2.24) is 0 Å². The monoisotopic (exact) mass is 124 g/mol. The molecule has 0 aliphatic rings. The van der Waals surface area contributed by atoms with Gasteiger partial charge in [0.05, 0.1) is 13.2 Å². The Kier molecular flexibility index (Phi) is 6.85. The fourth-order valence-electron chi connectivity index (χ4n) is 0.413. The smallest absolute Gasteiger partial charge is 0.0697 e. The van der Waals surface area contributed by atoms with Crippen LogP contribution >= 0.6 is 0 Å². The van der Waals surface area contributed by atoms with Crippen molar-refractivity contribution in [3.05, 3.63) is 0 Å². The predicted octanol–water partition coefficient (Wildman–Crippen LogP) is 0.795. The van der Waals surface area contributed by atoms with Crippen molar-refractivity contribution in [3.63, 3.8) is 0 Å². The van der Waals surface area contributed by atoms with Crippen molar-refractivity contribution in [2.24, 2.45) is 0 Å². The highest BCUT2D eigenvalue weighted by atomic mass is 16.6. The van der Waals surface area contributed by atoms with Crippen molar-refractivity contribution in [3.8, 4) is 0 Å². The van der Waals surface area contributed by atoms with Gasteiger partial charge in [-0.05, 0) is 6.42 Å². The minimum absolute atomic E-state index is 0.143. The van der Waals surface area contributed by atoms with Crippen LogP contribution in [-0.4, -0.2) is 24.9 Å². The van der Waals surface area contributed by atoms with Crippen LogP contribution in [0, 0.1) is 0 Å². The van der Waals surface area contributed by atoms with Crippen LogP contribution in [0.3, 0.4) is 0 Å². The minimum atomic E-state index is 0.143. The maximum Gasteiger partial charge on any atom is 0.0697 e. The Balaban J connectivity index is 2.53. The fourth-order valence-corrected chi connectivity index (χ4v) is 0.413. The topological polar surface area (TPSA) is 29.5 Å². The van der Waals surface area contributed by atoms with Gasteiger partial charge in [0.15, 0.2) is 0 Å². The number of ether oxygens (including phenoxy) is 1. The van der Waals surface area contributed by atoms with E-state index in [1.165, 1.54) is 0 Å². The van der Waals surface area contributed by atoms with E-state index in [-0.39, 0.29) is 6.61 Å². The average molecular weight is 124 g/mol. The first-order valence-corrected chi connectivity index (χ1v) is 3.10. The molecule has 0 unspecified atom stereocenters. The minimum Gasteiger partial charge on any atom is -0.394 e. The van der Waals surface area contributed by atoms with Crippen LogP contribution in [0.4, 0.5) is 0 Å². The summed E-state index contributed by atoms with van der Waals surface area (Å²) in [6, 6.07) is 0. The van der Waals surface area contributed by atoms with Crippen LogP contribution < -0.4 is 0 Å². The highest BCUT2D eigenvalue weighted by molar-refractivity contribution is 4.30. The normalized spacial score (nSPS) is 9.75. The van der Waals surface area contributed by atoms with Crippen LogP contribution in [0.25, 0.3) is 0 Å². The molecule has 0 aliphatic carbocycles. The zero-order valence-electron chi connectivity index (χ0n) is 5.39. The van der Waals surface area contributed by atoms with E-state index in [2.05, 4.69) is 6.92 Å². The van der Waals surface area contributed by atoms with E-state index >= 15 is 0 Å². The van der Waals surface area contributed by atoms with Crippen molar-refractivity contribution < 1.29 is 9.84 Å². The third-order valence-corrected chi connectivity index (χ3v) is 0.878. The van der Waals surface area contributed by atoms with Gasteiger partial charge in [-0.2, -0.15) is 0 Å². The highest BCUT2D eigenvalue weighted by Gasteiger charge is 1.82. The van der Waals surface area contributed by atoms with E-state index < -0.39 is 0 Å². The lowest BCUT2D eigenvalue weighted by atomic mass is 11.3. The van der Waals surface area contributed by atoms with E-state index in [4.69, 9.17) is 9.84 Å². The Labute approximate surface area is 50.5 Å². The summed E-state index contributed by atoms with van der Waals surface area (Å²) in [5.74, 6) is 0. The molecular formula is C6H14O2. The average Bonchev–Trinajstić information content (AvgIpc) is 1.81. The maximum absolute atomic E-state index is 8.24. The Bertz CT molecular complexity index is 31.5. The molecule has 0 rings (SSSR count). The molecule has 0 heterocycles. The quantitative estimate of drug-likeness (QED) is 0.434. The summed E-state index contributed by atoms with van der Waals surface area (Å²) in [5.41, 5.74) is 0. The molecule has 0 aliphatic heterocycles. The van der Waals surface area contributed by atoms with Gasteiger partial charge in [0, 0.05) is 6.61 Å². The van der Waals surface area contributed by atoms with Gasteiger partial charge in [0.25, 0.3) is 0 Å². The lowest BCUT2D eigenvalue weighted by Gasteiger charge is -1.97. The van der Waals surface area contributed by atoms with Gasteiger partial charge in [-0.25, -0.2) is 0 Å². The molecule has 0 bridgehead atoms. The van der Waals surface area contributed by atoms with E-state index in [1.807, 2.05) is 0 Å². The van der Waals surface area contributed by atoms with Gasteiger partial charge < -0.3 is 9.84 Å². The van der Waals surface area contributed by atoms with Gasteiger partial charge in [-0.15, -0.1) is 0 Å². The molecule has 0 spiro atoms. The Morgan fingerprint density at radius 3 is 2.62 bits per heavy atom. The van der Waals surface area contributed by atoms with Gasteiger partial charge in [0.1, 0.15) is 0 Å². The van der Waals surface area contributed by atoms with Gasteiger partial charge >= 0.3 is 0 Å². The largest absolute Gasteiger partial charge is 0.394 e. The summed E-state index contributed by atoms with van der Waals surface area (Å²) in [6.07, 6.45) is 2.26. The molecule has 0 aromatic rings. The summed E-state index contributed by atoms with van der Waals surface area (Å²) in [6.45, 7) is 3.53. The number of aliphatic hydroxyl groups is 1. The lowest BCUT2D eigenvalue weighted by Crippen LogP contribution is -1.99. The predicted molar refractivity (Wildman–Crippen MR) is 32.8 cm³/mol. The second kappa shape index (κ2) is 6.92. The van der Waals surface area contributed by atoms with E-state index in [0.717, 1.165) is 19.4 Å². The number of rotatable bonds is 5. The van der Waals surface area contributed by atoms with Gasteiger partial charge in [0.2, 0.25) is 0 Å². The summed E-state index contributed by atoms with van der Waals surface area (Å²) in [5, 5.41) is 8.24. The molecule has 0 radical (unpaired) electrons.